The van der Waals surface area contributed by atoms with Crippen molar-refractivity contribution in [1.29, 1.82) is 0 Å². The molecule has 1 aromatic rings. The molecule has 1 fully saturated rings. The molecule has 1 aromatic heterocycles. The minimum Gasteiger partial charge on any atom is -0.378 e. The fraction of sp³-hybridized carbons (Fsp3) is 0.643. The normalized spacial score (nSPS) is 24.1. The third-order valence-corrected chi connectivity index (χ3v) is 3.44. The van der Waals surface area contributed by atoms with Crippen molar-refractivity contribution >= 4 is 0 Å². The Morgan fingerprint density at radius 3 is 3.18 bits per heavy atom. The van der Waals surface area contributed by atoms with Gasteiger partial charge in [-0.3, -0.25) is 4.98 Å². The van der Waals surface area contributed by atoms with Gasteiger partial charge < -0.3 is 10.1 Å². The molecular formula is C14H22N2O. The summed E-state index contributed by atoms with van der Waals surface area (Å²) < 4.78 is 5.68. The third-order valence-electron chi connectivity index (χ3n) is 3.44. The second kappa shape index (κ2) is 6.72. The number of hydrogen-bond donors (Lipinski definition) is 1. The predicted molar refractivity (Wildman–Crippen MR) is 68.9 cm³/mol. The molecule has 2 rings (SSSR count). The van der Waals surface area contributed by atoms with Crippen molar-refractivity contribution in [2.75, 3.05) is 19.7 Å². The van der Waals surface area contributed by atoms with Crippen LogP contribution >= 0.6 is 0 Å². The van der Waals surface area contributed by atoms with E-state index >= 15 is 0 Å². The highest BCUT2D eigenvalue weighted by Crippen LogP contribution is 2.22. The second-order valence-corrected chi connectivity index (χ2v) is 4.64. The van der Waals surface area contributed by atoms with Crippen LogP contribution in [0.1, 0.15) is 25.5 Å². The van der Waals surface area contributed by atoms with Crippen LogP contribution in [0.25, 0.3) is 0 Å². The van der Waals surface area contributed by atoms with Gasteiger partial charge in [0, 0.05) is 38.0 Å². The van der Waals surface area contributed by atoms with Crippen LogP contribution < -0.4 is 5.32 Å². The molecule has 3 nitrogen and oxygen atoms in total. The first-order valence-electron chi connectivity index (χ1n) is 6.62. The van der Waals surface area contributed by atoms with Gasteiger partial charge in [0.2, 0.25) is 0 Å². The number of hydrogen-bond acceptors (Lipinski definition) is 3. The van der Waals surface area contributed by atoms with Crippen molar-refractivity contribution in [1.82, 2.24) is 10.3 Å². The van der Waals surface area contributed by atoms with E-state index in [1.807, 2.05) is 18.3 Å². The Bertz CT molecular complexity index is 315. The van der Waals surface area contributed by atoms with E-state index in [-0.39, 0.29) is 0 Å². The SMILES string of the molecule is CCC1OCCC1CNCCc1ccccn1. The van der Waals surface area contributed by atoms with Gasteiger partial charge in [-0.2, -0.15) is 0 Å². The molecule has 17 heavy (non-hydrogen) atoms. The first-order chi connectivity index (χ1) is 8.40. The zero-order chi connectivity index (χ0) is 11.9. The number of nitrogens with zero attached hydrogens (tertiary/aromatic N) is 1. The monoisotopic (exact) mass is 234 g/mol. The maximum atomic E-state index is 5.68. The zero-order valence-corrected chi connectivity index (χ0v) is 10.6. The molecule has 0 aliphatic carbocycles. The highest BCUT2D eigenvalue weighted by molar-refractivity contribution is 5.03. The lowest BCUT2D eigenvalue weighted by Gasteiger charge is -2.17. The highest BCUT2D eigenvalue weighted by Gasteiger charge is 2.25. The molecule has 3 heteroatoms. The molecule has 1 N–H and O–H groups in total. The van der Waals surface area contributed by atoms with Crippen LogP contribution in [-0.2, 0) is 11.2 Å². The Kier molecular flexibility index (Phi) is 4.95. The van der Waals surface area contributed by atoms with Crippen molar-refractivity contribution in [3.8, 4) is 0 Å². The summed E-state index contributed by atoms with van der Waals surface area (Å²) in [5, 5.41) is 3.52. The molecule has 0 bridgehead atoms. The Hall–Kier alpha value is -0.930. The summed E-state index contributed by atoms with van der Waals surface area (Å²) in [6, 6.07) is 6.08. The Balaban J connectivity index is 1.63. The molecule has 2 unspecified atom stereocenters. The minimum atomic E-state index is 0.470. The summed E-state index contributed by atoms with van der Waals surface area (Å²) in [7, 11) is 0. The van der Waals surface area contributed by atoms with Crippen LogP contribution in [0.2, 0.25) is 0 Å². The lowest BCUT2D eigenvalue weighted by Crippen LogP contribution is -2.29. The maximum absolute atomic E-state index is 5.68. The van der Waals surface area contributed by atoms with Gasteiger partial charge in [0.25, 0.3) is 0 Å². The summed E-state index contributed by atoms with van der Waals surface area (Å²) in [5.74, 6) is 0.698. The molecule has 0 amide bonds. The van der Waals surface area contributed by atoms with Crippen molar-refractivity contribution in [2.45, 2.75) is 32.3 Å². The fourth-order valence-corrected chi connectivity index (χ4v) is 2.43. The second-order valence-electron chi connectivity index (χ2n) is 4.64. The summed E-state index contributed by atoms with van der Waals surface area (Å²) in [6.45, 7) is 5.22. The van der Waals surface area contributed by atoms with Gasteiger partial charge in [-0.1, -0.05) is 13.0 Å². The predicted octanol–water partition coefficient (Wildman–Crippen LogP) is 2.03. The van der Waals surface area contributed by atoms with E-state index in [1.54, 1.807) is 0 Å². The van der Waals surface area contributed by atoms with Gasteiger partial charge in [0.15, 0.2) is 0 Å². The summed E-state index contributed by atoms with van der Waals surface area (Å²) in [6.07, 6.45) is 5.66. The average molecular weight is 234 g/mol. The van der Waals surface area contributed by atoms with E-state index in [2.05, 4.69) is 23.3 Å². The van der Waals surface area contributed by atoms with Gasteiger partial charge in [0.05, 0.1) is 6.10 Å². The van der Waals surface area contributed by atoms with Gasteiger partial charge >= 0.3 is 0 Å². The maximum Gasteiger partial charge on any atom is 0.0613 e. The van der Waals surface area contributed by atoms with E-state index in [0.717, 1.165) is 38.2 Å². The van der Waals surface area contributed by atoms with Gasteiger partial charge in [-0.25, -0.2) is 0 Å². The van der Waals surface area contributed by atoms with Crippen molar-refractivity contribution in [3.63, 3.8) is 0 Å². The van der Waals surface area contributed by atoms with Crippen molar-refractivity contribution in [3.05, 3.63) is 30.1 Å². The fourth-order valence-electron chi connectivity index (χ4n) is 2.43. The van der Waals surface area contributed by atoms with Crippen LogP contribution in [0, 0.1) is 5.92 Å². The Morgan fingerprint density at radius 2 is 2.41 bits per heavy atom. The number of nitrogens with one attached hydrogen (secondary N) is 1. The summed E-state index contributed by atoms with van der Waals surface area (Å²) in [5.41, 5.74) is 1.16. The first kappa shape index (κ1) is 12.5. The van der Waals surface area contributed by atoms with Gasteiger partial charge in [0.1, 0.15) is 0 Å². The molecule has 1 aliphatic heterocycles. The zero-order valence-electron chi connectivity index (χ0n) is 10.6. The summed E-state index contributed by atoms with van der Waals surface area (Å²) >= 11 is 0. The summed E-state index contributed by atoms with van der Waals surface area (Å²) in [4.78, 5) is 4.31. The van der Waals surface area contributed by atoms with E-state index in [9.17, 15) is 0 Å². The smallest absolute Gasteiger partial charge is 0.0613 e. The van der Waals surface area contributed by atoms with Crippen molar-refractivity contribution < 1.29 is 4.74 Å². The Morgan fingerprint density at radius 1 is 1.47 bits per heavy atom. The molecule has 1 aliphatic rings. The quantitative estimate of drug-likeness (QED) is 0.765. The largest absolute Gasteiger partial charge is 0.378 e. The van der Waals surface area contributed by atoms with E-state index in [0.29, 0.717) is 12.0 Å². The minimum absolute atomic E-state index is 0.470. The third kappa shape index (κ3) is 3.79. The molecule has 0 spiro atoms. The molecule has 94 valence electrons. The number of ether oxygens (including phenoxy) is 1. The van der Waals surface area contributed by atoms with Crippen molar-refractivity contribution in [2.24, 2.45) is 5.92 Å². The van der Waals surface area contributed by atoms with Crippen LogP contribution in [0.5, 0.6) is 0 Å². The topological polar surface area (TPSA) is 34.1 Å². The Labute approximate surface area is 104 Å². The van der Waals surface area contributed by atoms with Crippen LogP contribution in [0.3, 0.4) is 0 Å². The lowest BCUT2D eigenvalue weighted by molar-refractivity contribution is 0.0873. The highest BCUT2D eigenvalue weighted by atomic mass is 16.5. The number of aromatic nitrogens is 1. The lowest BCUT2D eigenvalue weighted by atomic mass is 10.00. The number of pyridine rings is 1. The average Bonchev–Trinajstić information content (AvgIpc) is 2.83. The molecule has 2 heterocycles. The van der Waals surface area contributed by atoms with Gasteiger partial charge in [-0.05, 0) is 30.9 Å². The molecule has 0 saturated carbocycles. The molecule has 2 atom stereocenters. The molecule has 0 radical (unpaired) electrons. The van der Waals surface area contributed by atoms with Crippen LogP contribution in [0.15, 0.2) is 24.4 Å². The standard InChI is InChI=1S/C14H22N2O/c1-2-14-12(7-10-17-14)11-15-9-6-13-5-3-4-8-16-13/h3-5,8,12,14-15H,2,6-7,9-11H2,1H3. The number of rotatable bonds is 6. The van der Waals surface area contributed by atoms with Gasteiger partial charge in [-0.15, -0.1) is 0 Å². The van der Waals surface area contributed by atoms with E-state index in [4.69, 9.17) is 4.74 Å². The first-order valence-corrected chi connectivity index (χ1v) is 6.62. The van der Waals surface area contributed by atoms with E-state index in [1.165, 1.54) is 6.42 Å². The van der Waals surface area contributed by atoms with E-state index < -0.39 is 0 Å². The van der Waals surface area contributed by atoms with Crippen LogP contribution in [0.4, 0.5) is 0 Å². The van der Waals surface area contributed by atoms with Crippen LogP contribution in [-0.4, -0.2) is 30.8 Å². The molecule has 0 aromatic carbocycles. The molecule has 1 saturated heterocycles. The molecular weight excluding hydrogens is 212 g/mol.